The summed E-state index contributed by atoms with van der Waals surface area (Å²) in [5.41, 5.74) is 7.84. The van der Waals surface area contributed by atoms with Crippen LogP contribution in [0.15, 0.2) is 18.2 Å². The number of hydrogen-bond acceptors (Lipinski definition) is 3. The molecule has 0 aromatic heterocycles. The minimum Gasteiger partial charge on any atom is -0.399 e. The van der Waals surface area contributed by atoms with E-state index in [1.807, 2.05) is 13.0 Å². The third-order valence-electron chi connectivity index (χ3n) is 2.28. The van der Waals surface area contributed by atoms with E-state index in [0.29, 0.717) is 5.69 Å². The number of aliphatic hydroxyl groups excluding tert-OH is 1. The highest BCUT2D eigenvalue weighted by molar-refractivity contribution is 5.46. The number of nitrogens with two attached hydrogens (primary N) is 1. The lowest BCUT2D eigenvalue weighted by molar-refractivity contribution is 0.280. The first-order valence-corrected chi connectivity index (χ1v) is 4.61. The van der Waals surface area contributed by atoms with Crippen LogP contribution in [0.4, 0.5) is 5.69 Å². The summed E-state index contributed by atoms with van der Waals surface area (Å²) in [6.07, 6.45) is 0.743. The molecule has 3 N–H and O–H groups in total. The van der Waals surface area contributed by atoms with Crippen LogP contribution in [0.2, 0.25) is 0 Å². The van der Waals surface area contributed by atoms with Crippen LogP contribution in [0.3, 0.4) is 0 Å². The molecule has 0 aliphatic carbocycles. The van der Waals surface area contributed by atoms with Crippen LogP contribution in [0.1, 0.15) is 30.4 Å². The van der Waals surface area contributed by atoms with Crippen molar-refractivity contribution in [2.75, 3.05) is 5.73 Å². The van der Waals surface area contributed by atoms with Gasteiger partial charge < -0.3 is 10.8 Å². The van der Waals surface area contributed by atoms with Crippen molar-refractivity contribution in [3.05, 3.63) is 29.3 Å². The lowest BCUT2D eigenvalue weighted by Crippen LogP contribution is -2.01. The molecule has 1 atom stereocenters. The third-order valence-corrected chi connectivity index (χ3v) is 2.28. The molecule has 0 bridgehead atoms. The van der Waals surface area contributed by atoms with Crippen LogP contribution in [-0.4, -0.2) is 5.11 Å². The van der Waals surface area contributed by atoms with E-state index in [9.17, 15) is 0 Å². The van der Waals surface area contributed by atoms with Crippen LogP contribution in [-0.2, 0) is 6.61 Å². The van der Waals surface area contributed by atoms with Crippen molar-refractivity contribution in [2.24, 2.45) is 0 Å². The highest BCUT2D eigenvalue weighted by Crippen LogP contribution is 2.24. The molecular formula is C11H14N2O. The predicted octanol–water partition coefficient (Wildman–Crippen LogP) is 1.78. The molecule has 0 aliphatic heterocycles. The predicted molar refractivity (Wildman–Crippen MR) is 55.4 cm³/mol. The molecule has 14 heavy (non-hydrogen) atoms. The Morgan fingerprint density at radius 2 is 2.29 bits per heavy atom. The van der Waals surface area contributed by atoms with E-state index in [2.05, 4.69) is 6.07 Å². The number of hydrogen-bond donors (Lipinski definition) is 2. The van der Waals surface area contributed by atoms with Gasteiger partial charge in [0.15, 0.2) is 0 Å². The smallest absolute Gasteiger partial charge is 0.0713 e. The van der Waals surface area contributed by atoms with Gasteiger partial charge in [0.1, 0.15) is 0 Å². The number of benzene rings is 1. The topological polar surface area (TPSA) is 70.0 Å². The van der Waals surface area contributed by atoms with Crippen molar-refractivity contribution in [3.8, 4) is 6.07 Å². The average molecular weight is 190 g/mol. The number of anilines is 1. The van der Waals surface area contributed by atoms with Gasteiger partial charge in [0.2, 0.25) is 0 Å². The number of nitriles is 1. The van der Waals surface area contributed by atoms with Crippen molar-refractivity contribution >= 4 is 5.69 Å². The second-order valence-electron chi connectivity index (χ2n) is 3.21. The summed E-state index contributed by atoms with van der Waals surface area (Å²) in [5, 5.41) is 18.0. The van der Waals surface area contributed by atoms with Crippen molar-refractivity contribution in [3.63, 3.8) is 0 Å². The Bertz CT molecular complexity index is 355. The molecule has 0 amide bonds. The van der Waals surface area contributed by atoms with E-state index in [4.69, 9.17) is 16.1 Å². The maximum atomic E-state index is 9.12. The monoisotopic (exact) mass is 190 g/mol. The Balaban J connectivity index is 3.14. The summed E-state index contributed by atoms with van der Waals surface area (Å²) in [6.45, 7) is 1.88. The SMILES string of the molecule is CCC(C#N)c1ccc(N)cc1CO. The van der Waals surface area contributed by atoms with Gasteiger partial charge in [0, 0.05) is 5.69 Å². The molecule has 3 heteroatoms. The fourth-order valence-electron chi connectivity index (χ4n) is 1.48. The quantitative estimate of drug-likeness (QED) is 0.714. The number of nitrogen functional groups attached to an aromatic ring is 1. The van der Waals surface area contributed by atoms with Crippen molar-refractivity contribution in [2.45, 2.75) is 25.9 Å². The first-order valence-electron chi connectivity index (χ1n) is 4.61. The van der Waals surface area contributed by atoms with Crippen LogP contribution in [0, 0.1) is 11.3 Å². The molecule has 0 saturated heterocycles. The molecule has 1 aromatic carbocycles. The molecule has 0 fully saturated rings. The van der Waals surface area contributed by atoms with Crippen LogP contribution in [0.25, 0.3) is 0 Å². The maximum Gasteiger partial charge on any atom is 0.0713 e. The highest BCUT2D eigenvalue weighted by Gasteiger charge is 2.12. The van der Waals surface area contributed by atoms with E-state index in [1.165, 1.54) is 0 Å². The highest BCUT2D eigenvalue weighted by atomic mass is 16.3. The molecule has 3 nitrogen and oxygen atoms in total. The number of rotatable bonds is 3. The van der Waals surface area contributed by atoms with E-state index in [1.54, 1.807) is 12.1 Å². The fourth-order valence-corrected chi connectivity index (χ4v) is 1.48. The van der Waals surface area contributed by atoms with Crippen LogP contribution >= 0.6 is 0 Å². The zero-order chi connectivity index (χ0) is 10.6. The van der Waals surface area contributed by atoms with Crippen LogP contribution < -0.4 is 5.73 Å². The van der Waals surface area contributed by atoms with E-state index in [-0.39, 0.29) is 12.5 Å². The summed E-state index contributed by atoms with van der Waals surface area (Å²) < 4.78 is 0. The van der Waals surface area contributed by atoms with Gasteiger partial charge in [0.25, 0.3) is 0 Å². The Hall–Kier alpha value is -1.53. The third kappa shape index (κ3) is 2.04. The molecule has 1 unspecified atom stereocenters. The lowest BCUT2D eigenvalue weighted by atomic mass is 9.93. The van der Waals surface area contributed by atoms with Gasteiger partial charge in [-0.3, -0.25) is 0 Å². The molecule has 0 aliphatic rings. The first kappa shape index (κ1) is 10.6. The van der Waals surface area contributed by atoms with Gasteiger partial charge in [-0.2, -0.15) is 5.26 Å². The minimum absolute atomic E-state index is 0.0709. The van der Waals surface area contributed by atoms with Gasteiger partial charge in [0.05, 0.1) is 18.6 Å². The van der Waals surface area contributed by atoms with E-state index >= 15 is 0 Å². The van der Waals surface area contributed by atoms with Gasteiger partial charge >= 0.3 is 0 Å². The second kappa shape index (κ2) is 4.64. The normalized spacial score (nSPS) is 12.1. The Morgan fingerprint density at radius 1 is 1.57 bits per heavy atom. The standard InChI is InChI=1S/C11H14N2O/c1-2-8(6-12)11-4-3-10(13)5-9(11)7-14/h3-5,8,14H,2,7,13H2,1H3. The molecule has 1 aromatic rings. The van der Waals surface area contributed by atoms with Crippen molar-refractivity contribution in [1.29, 1.82) is 5.26 Å². The number of nitrogens with zero attached hydrogens (tertiary/aromatic N) is 1. The van der Waals surface area contributed by atoms with Gasteiger partial charge in [-0.25, -0.2) is 0 Å². The summed E-state index contributed by atoms with van der Waals surface area (Å²) in [5.74, 6) is -0.155. The van der Waals surface area contributed by atoms with Gasteiger partial charge in [-0.05, 0) is 29.7 Å². The summed E-state index contributed by atoms with van der Waals surface area (Å²) in [6, 6.07) is 7.50. The van der Waals surface area contributed by atoms with Gasteiger partial charge in [-0.15, -0.1) is 0 Å². The Kier molecular flexibility index (Phi) is 3.49. The molecule has 0 radical (unpaired) electrons. The maximum absolute atomic E-state index is 9.12. The summed E-state index contributed by atoms with van der Waals surface area (Å²) in [4.78, 5) is 0. The summed E-state index contributed by atoms with van der Waals surface area (Å²) >= 11 is 0. The zero-order valence-corrected chi connectivity index (χ0v) is 8.20. The zero-order valence-electron chi connectivity index (χ0n) is 8.20. The molecule has 0 heterocycles. The van der Waals surface area contributed by atoms with E-state index in [0.717, 1.165) is 17.5 Å². The van der Waals surface area contributed by atoms with E-state index < -0.39 is 0 Å². The average Bonchev–Trinajstić information content (AvgIpc) is 2.21. The second-order valence-corrected chi connectivity index (χ2v) is 3.21. The van der Waals surface area contributed by atoms with Crippen LogP contribution in [0.5, 0.6) is 0 Å². The van der Waals surface area contributed by atoms with Crippen molar-refractivity contribution < 1.29 is 5.11 Å². The molecule has 74 valence electrons. The van der Waals surface area contributed by atoms with Crippen molar-refractivity contribution in [1.82, 2.24) is 0 Å². The Morgan fingerprint density at radius 3 is 2.79 bits per heavy atom. The largest absolute Gasteiger partial charge is 0.399 e. The minimum atomic E-state index is -0.155. The number of aliphatic hydroxyl groups is 1. The summed E-state index contributed by atoms with van der Waals surface area (Å²) in [7, 11) is 0. The molecule has 0 spiro atoms. The van der Waals surface area contributed by atoms with Gasteiger partial charge in [-0.1, -0.05) is 13.0 Å². The fraction of sp³-hybridized carbons (Fsp3) is 0.364. The first-order chi connectivity index (χ1) is 6.72. The Labute approximate surface area is 83.8 Å². The lowest BCUT2D eigenvalue weighted by Gasteiger charge is -2.11. The molecule has 0 saturated carbocycles. The molecular weight excluding hydrogens is 176 g/mol. The molecule has 1 rings (SSSR count).